The Balaban J connectivity index is 1.61. The van der Waals surface area contributed by atoms with Gasteiger partial charge in [-0.3, -0.25) is 9.89 Å². The van der Waals surface area contributed by atoms with Crippen LogP contribution >= 0.6 is 0 Å². The van der Waals surface area contributed by atoms with Crippen LogP contribution < -0.4 is 4.74 Å². The third kappa shape index (κ3) is 4.40. The zero-order valence-electron chi connectivity index (χ0n) is 15.0. The number of carbonyl (C=O) groups is 1. The highest BCUT2D eigenvalue weighted by Crippen LogP contribution is 2.27. The van der Waals surface area contributed by atoms with Crippen LogP contribution in [-0.4, -0.2) is 44.8 Å². The molecular weight excluding hydrogens is 337 g/mol. The second-order valence-corrected chi connectivity index (χ2v) is 7.27. The predicted octanol–water partition coefficient (Wildman–Crippen LogP) is 2.75. The van der Waals surface area contributed by atoms with Gasteiger partial charge in [0.05, 0.1) is 11.3 Å². The SMILES string of the molecule is CC(C)(O)C1CCCN(C(=O)c2cc(COc3cccc(F)c3)[nH]n2)C1. The molecule has 26 heavy (non-hydrogen) atoms. The van der Waals surface area contributed by atoms with E-state index in [9.17, 15) is 14.3 Å². The quantitative estimate of drug-likeness (QED) is 0.858. The first kappa shape index (κ1) is 18.4. The highest BCUT2D eigenvalue weighted by Gasteiger charge is 2.33. The smallest absolute Gasteiger partial charge is 0.274 e. The lowest BCUT2D eigenvalue weighted by atomic mass is 9.84. The van der Waals surface area contributed by atoms with E-state index in [2.05, 4.69) is 10.2 Å². The third-order valence-corrected chi connectivity index (χ3v) is 4.75. The fourth-order valence-corrected chi connectivity index (χ4v) is 3.16. The molecule has 1 aromatic carbocycles. The van der Waals surface area contributed by atoms with E-state index in [4.69, 9.17) is 4.74 Å². The molecule has 2 aromatic rings. The Bertz CT molecular complexity index is 769. The summed E-state index contributed by atoms with van der Waals surface area (Å²) in [5.74, 6) is -0.0620. The summed E-state index contributed by atoms with van der Waals surface area (Å²) in [4.78, 5) is 14.4. The Morgan fingerprint density at radius 1 is 1.46 bits per heavy atom. The molecule has 0 radical (unpaired) electrons. The topological polar surface area (TPSA) is 78.5 Å². The number of hydrogen-bond donors (Lipinski definition) is 2. The van der Waals surface area contributed by atoms with Crippen LogP contribution in [0, 0.1) is 11.7 Å². The number of piperidine rings is 1. The zero-order chi connectivity index (χ0) is 18.7. The first-order valence-electron chi connectivity index (χ1n) is 8.77. The van der Waals surface area contributed by atoms with Gasteiger partial charge in [0.1, 0.15) is 18.2 Å². The van der Waals surface area contributed by atoms with Gasteiger partial charge in [-0.15, -0.1) is 0 Å². The zero-order valence-corrected chi connectivity index (χ0v) is 15.0. The number of aromatic amines is 1. The fraction of sp³-hybridized carbons (Fsp3) is 0.474. The number of carbonyl (C=O) groups excluding carboxylic acids is 1. The average Bonchev–Trinajstić information content (AvgIpc) is 3.08. The van der Waals surface area contributed by atoms with Crippen LogP contribution in [0.2, 0.25) is 0 Å². The molecule has 0 saturated carbocycles. The molecule has 2 N–H and O–H groups in total. The van der Waals surface area contributed by atoms with Crippen LogP contribution in [0.15, 0.2) is 30.3 Å². The fourth-order valence-electron chi connectivity index (χ4n) is 3.16. The van der Waals surface area contributed by atoms with Crippen molar-refractivity contribution in [2.45, 2.75) is 38.9 Å². The van der Waals surface area contributed by atoms with Gasteiger partial charge >= 0.3 is 0 Å². The number of benzene rings is 1. The van der Waals surface area contributed by atoms with E-state index in [-0.39, 0.29) is 24.2 Å². The molecule has 6 nitrogen and oxygen atoms in total. The number of nitrogens with zero attached hydrogens (tertiary/aromatic N) is 2. The van der Waals surface area contributed by atoms with E-state index >= 15 is 0 Å². The number of ether oxygens (including phenoxy) is 1. The van der Waals surface area contributed by atoms with E-state index in [0.29, 0.717) is 30.2 Å². The number of halogens is 1. The van der Waals surface area contributed by atoms with E-state index in [0.717, 1.165) is 12.8 Å². The Hall–Kier alpha value is -2.41. The van der Waals surface area contributed by atoms with Gasteiger partial charge in [0, 0.05) is 25.1 Å². The Morgan fingerprint density at radius 2 is 2.27 bits per heavy atom. The van der Waals surface area contributed by atoms with Crippen molar-refractivity contribution in [1.29, 1.82) is 0 Å². The molecule has 1 aliphatic rings. The monoisotopic (exact) mass is 361 g/mol. The summed E-state index contributed by atoms with van der Waals surface area (Å²) in [5.41, 5.74) is 0.141. The van der Waals surface area contributed by atoms with Crippen molar-refractivity contribution in [1.82, 2.24) is 15.1 Å². The maximum atomic E-state index is 13.2. The van der Waals surface area contributed by atoms with Gasteiger partial charge < -0.3 is 14.7 Å². The normalized spacial score (nSPS) is 18.0. The Kier molecular flexibility index (Phi) is 5.27. The van der Waals surface area contributed by atoms with Crippen molar-refractivity contribution in [2.75, 3.05) is 13.1 Å². The lowest BCUT2D eigenvalue weighted by Crippen LogP contribution is -2.47. The minimum atomic E-state index is -0.811. The number of amides is 1. The maximum Gasteiger partial charge on any atom is 0.274 e. The average molecular weight is 361 g/mol. The Labute approximate surface area is 152 Å². The lowest BCUT2D eigenvalue weighted by Gasteiger charge is -2.38. The standard InChI is InChI=1S/C19H24FN3O3/c1-19(2,25)13-5-4-8-23(11-13)18(24)17-10-15(21-22-17)12-26-16-7-3-6-14(20)9-16/h3,6-7,9-10,13,25H,4-5,8,11-12H2,1-2H3,(H,21,22). The molecule has 1 aliphatic heterocycles. The van der Waals surface area contributed by atoms with Gasteiger partial charge in [-0.2, -0.15) is 5.10 Å². The molecule has 1 aromatic heterocycles. The number of rotatable bonds is 5. The highest BCUT2D eigenvalue weighted by molar-refractivity contribution is 5.92. The van der Waals surface area contributed by atoms with Gasteiger partial charge in [0.15, 0.2) is 5.69 Å². The van der Waals surface area contributed by atoms with E-state index in [1.807, 2.05) is 0 Å². The molecule has 2 heterocycles. The summed E-state index contributed by atoms with van der Waals surface area (Å²) in [6.07, 6.45) is 1.76. The maximum absolute atomic E-state index is 13.2. The molecule has 140 valence electrons. The summed E-state index contributed by atoms with van der Waals surface area (Å²) in [7, 11) is 0. The van der Waals surface area contributed by atoms with Crippen molar-refractivity contribution in [3.8, 4) is 5.75 Å². The van der Waals surface area contributed by atoms with Crippen molar-refractivity contribution in [2.24, 2.45) is 5.92 Å². The molecule has 0 bridgehead atoms. The second-order valence-electron chi connectivity index (χ2n) is 7.27. The summed E-state index contributed by atoms with van der Waals surface area (Å²) < 4.78 is 18.7. The number of aliphatic hydroxyl groups is 1. The van der Waals surface area contributed by atoms with E-state index < -0.39 is 5.60 Å². The molecule has 1 fully saturated rings. The summed E-state index contributed by atoms with van der Waals surface area (Å²) in [6.45, 7) is 4.90. The van der Waals surface area contributed by atoms with Crippen molar-refractivity contribution >= 4 is 5.91 Å². The van der Waals surface area contributed by atoms with Crippen LogP contribution in [0.3, 0.4) is 0 Å². The predicted molar refractivity (Wildman–Crippen MR) is 94.2 cm³/mol. The minimum absolute atomic E-state index is 0.0509. The van der Waals surface area contributed by atoms with Crippen molar-refractivity contribution in [3.05, 3.63) is 47.5 Å². The van der Waals surface area contributed by atoms with Crippen molar-refractivity contribution < 1.29 is 19.0 Å². The number of H-pyrrole nitrogens is 1. The number of aromatic nitrogens is 2. The van der Waals surface area contributed by atoms with E-state index in [1.165, 1.54) is 12.1 Å². The van der Waals surface area contributed by atoms with Crippen LogP contribution in [0.4, 0.5) is 4.39 Å². The summed E-state index contributed by atoms with van der Waals surface area (Å²) >= 11 is 0. The molecule has 3 rings (SSSR count). The minimum Gasteiger partial charge on any atom is -0.487 e. The van der Waals surface area contributed by atoms with Gasteiger partial charge in [0.2, 0.25) is 0 Å². The first-order chi connectivity index (χ1) is 12.3. The molecule has 0 aliphatic carbocycles. The van der Waals surface area contributed by atoms with E-state index in [1.54, 1.807) is 36.9 Å². The van der Waals surface area contributed by atoms with Crippen LogP contribution in [0.25, 0.3) is 0 Å². The number of nitrogens with one attached hydrogen (secondary N) is 1. The van der Waals surface area contributed by atoms with Gasteiger partial charge in [0.25, 0.3) is 5.91 Å². The van der Waals surface area contributed by atoms with Crippen LogP contribution in [-0.2, 0) is 6.61 Å². The van der Waals surface area contributed by atoms with Crippen LogP contribution in [0.1, 0.15) is 42.9 Å². The molecule has 1 unspecified atom stereocenters. The Morgan fingerprint density at radius 3 is 3.00 bits per heavy atom. The largest absolute Gasteiger partial charge is 0.487 e. The van der Waals surface area contributed by atoms with Gasteiger partial charge in [-0.25, -0.2) is 4.39 Å². The lowest BCUT2D eigenvalue weighted by molar-refractivity contribution is -0.0147. The molecule has 7 heteroatoms. The third-order valence-electron chi connectivity index (χ3n) is 4.75. The summed E-state index contributed by atoms with van der Waals surface area (Å²) in [5, 5.41) is 17.1. The molecule has 0 spiro atoms. The second kappa shape index (κ2) is 7.45. The van der Waals surface area contributed by atoms with Crippen LogP contribution in [0.5, 0.6) is 5.75 Å². The molecule has 1 atom stereocenters. The van der Waals surface area contributed by atoms with Crippen molar-refractivity contribution in [3.63, 3.8) is 0 Å². The van der Waals surface area contributed by atoms with Gasteiger partial charge in [-0.1, -0.05) is 6.07 Å². The number of likely N-dealkylation sites (tertiary alicyclic amines) is 1. The first-order valence-corrected chi connectivity index (χ1v) is 8.77. The summed E-state index contributed by atoms with van der Waals surface area (Å²) in [6, 6.07) is 7.53. The van der Waals surface area contributed by atoms with Gasteiger partial charge in [-0.05, 0) is 44.9 Å². The molecule has 1 saturated heterocycles. The number of hydrogen-bond acceptors (Lipinski definition) is 4. The molecule has 1 amide bonds. The highest BCUT2D eigenvalue weighted by atomic mass is 19.1. The molecular formula is C19H24FN3O3.